The molecule has 1 unspecified atom stereocenters. The minimum atomic E-state index is -2.93. The van der Waals surface area contributed by atoms with Crippen molar-refractivity contribution in [2.75, 3.05) is 0 Å². The van der Waals surface area contributed by atoms with Gasteiger partial charge in [-0.3, -0.25) is 4.79 Å². The van der Waals surface area contributed by atoms with E-state index >= 15 is 0 Å². The first-order valence-corrected chi connectivity index (χ1v) is 5.62. The normalized spacial score (nSPS) is 12.6. The van der Waals surface area contributed by atoms with E-state index in [1.165, 1.54) is 13.0 Å². The van der Waals surface area contributed by atoms with Crippen molar-refractivity contribution in [3.63, 3.8) is 0 Å². The summed E-state index contributed by atoms with van der Waals surface area (Å²) in [6.45, 7) is 0.238. The van der Waals surface area contributed by atoms with E-state index in [-0.39, 0.29) is 11.5 Å². The predicted octanol–water partition coefficient (Wildman–Crippen LogP) is 3.72. The van der Waals surface area contributed by atoms with Crippen LogP contribution in [0.15, 0.2) is 18.2 Å². The van der Waals surface area contributed by atoms with E-state index in [4.69, 9.17) is 11.6 Å². The number of ether oxygens (including phenoxy) is 1. The molecule has 1 rings (SSSR count). The highest BCUT2D eigenvalue weighted by Crippen LogP contribution is 2.34. The van der Waals surface area contributed by atoms with Crippen LogP contribution in [0.4, 0.5) is 8.78 Å². The fourth-order valence-corrected chi connectivity index (χ4v) is 1.84. The van der Waals surface area contributed by atoms with E-state index in [2.05, 4.69) is 4.74 Å². The molecule has 17 heavy (non-hydrogen) atoms. The molecule has 0 bridgehead atoms. The molecule has 0 aromatic heterocycles. The smallest absolute Gasteiger partial charge is 0.387 e. The Morgan fingerprint density at radius 2 is 2.12 bits per heavy atom. The molecule has 0 aliphatic rings. The molecule has 0 saturated heterocycles. The number of carbonyl (C=O) groups excluding carboxylic acids is 1. The standard InChI is InChI=1S/C12H13ClF2O2/c1-3-8-5-4-6-9(17-12(14)15)10(8)11(13)7(2)16/h4-6,11-12H,3H2,1-2H3. The van der Waals surface area contributed by atoms with Gasteiger partial charge in [0.25, 0.3) is 0 Å². The number of hydrogen-bond donors (Lipinski definition) is 0. The molecule has 0 fully saturated rings. The maximum atomic E-state index is 12.3. The molecule has 0 saturated carbocycles. The van der Waals surface area contributed by atoms with Gasteiger partial charge in [0.15, 0.2) is 5.78 Å². The maximum Gasteiger partial charge on any atom is 0.387 e. The van der Waals surface area contributed by atoms with E-state index in [1.54, 1.807) is 12.1 Å². The molecule has 0 amide bonds. The average molecular weight is 263 g/mol. The number of Topliss-reactive ketones (excluding diaryl/α,β-unsaturated/α-hetero) is 1. The molecule has 2 nitrogen and oxygen atoms in total. The van der Waals surface area contributed by atoms with Crippen LogP contribution < -0.4 is 4.74 Å². The summed E-state index contributed by atoms with van der Waals surface area (Å²) in [7, 11) is 0. The number of benzene rings is 1. The second kappa shape index (κ2) is 5.96. The summed E-state index contributed by atoms with van der Waals surface area (Å²) in [6.07, 6.45) is 0.590. The largest absolute Gasteiger partial charge is 0.434 e. The number of ketones is 1. The third-order valence-corrected chi connectivity index (χ3v) is 2.89. The monoisotopic (exact) mass is 262 g/mol. The Hall–Kier alpha value is -1.16. The lowest BCUT2D eigenvalue weighted by Crippen LogP contribution is -2.11. The van der Waals surface area contributed by atoms with Crippen molar-refractivity contribution in [2.24, 2.45) is 0 Å². The van der Waals surface area contributed by atoms with Crippen LogP contribution in [-0.2, 0) is 11.2 Å². The van der Waals surface area contributed by atoms with Crippen molar-refractivity contribution in [1.29, 1.82) is 0 Å². The van der Waals surface area contributed by atoms with E-state index < -0.39 is 12.0 Å². The highest BCUT2D eigenvalue weighted by atomic mass is 35.5. The van der Waals surface area contributed by atoms with E-state index in [9.17, 15) is 13.6 Å². The zero-order chi connectivity index (χ0) is 13.0. The van der Waals surface area contributed by atoms with Crippen molar-refractivity contribution < 1.29 is 18.3 Å². The van der Waals surface area contributed by atoms with Gasteiger partial charge < -0.3 is 4.74 Å². The average Bonchev–Trinajstić information content (AvgIpc) is 2.26. The molecular weight excluding hydrogens is 250 g/mol. The van der Waals surface area contributed by atoms with E-state index in [0.29, 0.717) is 12.0 Å². The van der Waals surface area contributed by atoms with Crippen LogP contribution in [0.2, 0.25) is 0 Å². The lowest BCUT2D eigenvalue weighted by atomic mass is 9.99. The van der Waals surface area contributed by atoms with Gasteiger partial charge in [-0.2, -0.15) is 8.78 Å². The zero-order valence-corrected chi connectivity index (χ0v) is 10.3. The number of alkyl halides is 3. The molecule has 1 atom stereocenters. The van der Waals surface area contributed by atoms with Crippen molar-refractivity contribution in [1.82, 2.24) is 0 Å². The third-order valence-electron chi connectivity index (χ3n) is 2.36. The van der Waals surface area contributed by atoms with Gasteiger partial charge in [0.2, 0.25) is 0 Å². The third kappa shape index (κ3) is 3.40. The van der Waals surface area contributed by atoms with Crippen molar-refractivity contribution in [2.45, 2.75) is 32.3 Å². The molecule has 0 aliphatic carbocycles. The Labute approximate surface area is 104 Å². The fourth-order valence-electron chi connectivity index (χ4n) is 1.59. The van der Waals surface area contributed by atoms with Gasteiger partial charge in [0.1, 0.15) is 11.1 Å². The molecule has 1 aromatic rings. The first-order chi connectivity index (χ1) is 7.97. The number of hydrogen-bond acceptors (Lipinski definition) is 2. The van der Waals surface area contributed by atoms with Gasteiger partial charge in [0, 0.05) is 5.56 Å². The Kier molecular flexibility index (Phi) is 4.87. The van der Waals surface area contributed by atoms with Gasteiger partial charge in [-0.15, -0.1) is 11.6 Å². The number of halogens is 3. The zero-order valence-electron chi connectivity index (χ0n) is 9.54. The van der Waals surface area contributed by atoms with Gasteiger partial charge in [-0.1, -0.05) is 19.1 Å². The highest BCUT2D eigenvalue weighted by molar-refractivity contribution is 6.31. The van der Waals surface area contributed by atoms with E-state index in [1.807, 2.05) is 6.92 Å². The second-order valence-corrected chi connectivity index (χ2v) is 3.97. The topological polar surface area (TPSA) is 26.3 Å². The molecular formula is C12H13ClF2O2. The Balaban J connectivity index is 3.24. The highest BCUT2D eigenvalue weighted by Gasteiger charge is 2.22. The van der Waals surface area contributed by atoms with Crippen LogP contribution in [0.1, 0.15) is 30.4 Å². The molecule has 1 aromatic carbocycles. The summed E-state index contributed by atoms with van der Waals surface area (Å²) in [5.74, 6) is -0.332. The quantitative estimate of drug-likeness (QED) is 0.756. The summed E-state index contributed by atoms with van der Waals surface area (Å²) in [5, 5.41) is -0.958. The molecule has 0 spiro atoms. The van der Waals surface area contributed by atoms with Crippen LogP contribution in [0.3, 0.4) is 0 Å². The molecule has 5 heteroatoms. The lowest BCUT2D eigenvalue weighted by molar-refractivity contribution is -0.116. The van der Waals surface area contributed by atoms with Crippen LogP contribution in [0, 0.1) is 0 Å². The SMILES string of the molecule is CCc1cccc(OC(F)F)c1C(Cl)C(C)=O. The first-order valence-electron chi connectivity index (χ1n) is 5.18. The molecule has 0 heterocycles. The van der Waals surface area contributed by atoms with Gasteiger partial charge in [-0.25, -0.2) is 0 Å². The van der Waals surface area contributed by atoms with Crippen LogP contribution in [0.5, 0.6) is 5.75 Å². The van der Waals surface area contributed by atoms with Crippen molar-refractivity contribution >= 4 is 17.4 Å². The van der Waals surface area contributed by atoms with Crippen molar-refractivity contribution in [3.8, 4) is 5.75 Å². The second-order valence-electron chi connectivity index (χ2n) is 3.53. The Bertz CT molecular complexity index is 407. The fraction of sp³-hybridized carbons (Fsp3) is 0.417. The molecule has 0 radical (unpaired) electrons. The van der Waals surface area contributed by atoms with Crippen molar-refractivity contribution in [3.05, 3.63) is 29.3 Å². The van der Waals surface area contributed by atoms with E-state index in [0.717, 1.165) is 5.56 Å². The summed E-state index contributed by atoms with van der Waals surface area (Å²) in [4.78, 5) is 11.3. The van der Waals surface area contributed by atoms with Gasteiger partial charge >= 0.3 is 6.61 Å². The summed E-state index contributed by atoms with van der Waals surface area (Å²) in [6, 6.07) is 4.73. The van der Waals surface area contributed by atoms with Crippen LogP contribution in [0.25, 0.3) is 0 Å². The summed E-state index contributed by atoms with van der Waals surface area (Å²) >= 11 is 5.94. The maximum absolute atomic E-state index is 12.3. The minimum absolute atomic E-state index is 0.0328. The number of carbonyl (C=O) groups is 1. The lowest BCUT2D eigenvalue weighted by Gasteiger charge is -2.16. The molecule has 0 N–H and O–H groups in total. The first kappa shape index (κ1) is 13.9. The number of rotatable bonds is 5. The molecule has 94 valence electrons. The predicted molar refractivity (Wildman–Crippen MR) is 61.7 cm³/mol. The molecule has 0 aliphatic heterocycles. The summed E-state index contributed by atoms with van der Waals surface area (Å²) in [5.41, 5.74) is 1.07. The Morgan fingerprint density at radius 1 is 1.47 bits per heavy atom. The summed E-state index contributed by atoms with van der Waals surface area (Å²) < 4.78 is 28.9. The van der Waals surface area contributed by atoms with Gasteiger partial charge in [0.05, 0.1) is 0 Å². The van der Waals surface area contributed by atoms with Crippen LogP contribution >= 0.6 is 11.6 Å². The number of aryl methyl sites for hydroxylation is 1. The van der Waals surface area contributed by atoms with Crippen LogP contribution in [-0.4, -0.2) is 12.4 Å². The minimum Gasteiger partial charge on any atom is -0.434 e. The van der Waals surface area contributed by atoms with Gasteiger partial charge in [-0.05, 0) is 25.0 Å². The Morgan fingerprint density at radius 3 is 2.59 bits per heavy atom.